The molecule has 0 radical (unpaired) electrons. The summed E-state index contributed by atoms with van der Waals surface area (Å²) in [5, 5.41) is 0.161. The lowest BCUT2D eigenvalue weighted by Crippen LogP contribution is -1.97. The lowest BCUT2D eigenvalue weighted by atomic mass is 10.6. The van der Waals surface area contributed by atoms with E-state index in [0.717, 1.165) is 18.0 Å². The normalized spacial score (nSPS) is 10.4. The van der Waals surface area contributed by atoms with Gasteiger partial charge in [0.05, 0.1) is 6.20 Å². The highest BCUT2D eigenvalue weighted by molar-refractivity contribution is 8.00. The summed E-state index contributed by atoms with van der Waals surface area (Å²) in [5.74, 6) is -0.474. The van der Waals surface area contributed by atoms with Crippen molar-refractivity contribution in [2.24, 2.45) is 0 Å². The molecule has 0 saturated heterocycles. The van der Waals surface area contributed by atoms with Crippen LogP contribution >= 0.6 is 23.3 Å². The van der Waals surface area contributed by atoms with E-state index in [1.54, 1.807) is 0 Å². The Morgan fingerprint density at radius 1 is 1.43 bits per heavy atom. The van der Waals surface area contributed by atoms with E-state index in [2.05, 4.69) is 19.3 Å². The Hall–Kier alpha value is -1.28. The minimum atomic E-state index is -0.514. The van der Waals surface area contributed by atoms with Gasteiger partial charge in [-0.25, -0.2) is 19.3 Å². The molecule has 0 fully saturated rings. The van der Waals surface area contributed by atoms with Crippen molar-refractivity contribution in [1.82, 2.24) is 19.3 Å². The van der Waals surface area contributed by atoms with Crippen molar-refractivity contribution in [1.29, 1.82) is 0 Å². The Labute approximate surface area is 86.8 Å². The molecule has 0 spiro atoms. The number of anilines is 1. The standard InChI is InChI=1S/C6H4FN5S2/c7-3-1-9-5(8)12-4(3)13-6-10-2-11-14-6/h1-2H,(H2,8,9,12). The first-order valence-corrected chi connectivity index (χ1v) is 5.07. The molecule has 0 bridgehead atoms. The Morgan fingerprint density at radius 3 is 3.00 bits per heavy atom. The van der Waals surface area contributed by atoms with Crippen molar-refractivity contribution in [2.45, 2.75) is 9.37 Å². The number of nitrogens with two attached hydrogens (primary N) is 1. The second kappa shape index (κ2) is 3.84. The molecule has 2 heterocycles. The zero-order valence-electron chi connectivity index (χ0n) is 6.72. The maximum atomic E-state index is 13.1. The van der Waals surface area contributed by atoms with Gasteiger partial charge in [-0.15, -0.1) is 0 Å². The average molecular weight is 229 g/mol. The number of hydrogen-bond acceptors (Lipinski definition) is 7. The monoisotopic (exact) mass is 229 g/mol. The fourth-order valence-electron chi connectivity index (χ4n) is 0.727. The maximum absolute atomic E-state index is 13.1. The molecule has 0 aromatic carbocycles. The number of hydrogen-bond donors (Lipinski definition) is 1. The summed E-state index contributed by atoms with van der Waals surface area (Å²) in [6.07, 6.45) is 2.43. The molecular formula is C6H4FN5S2. The molecule has 0 aliphatic carbocycles. The highest BCUT2D eigenvalue weighted by Crippen LogP contribution is 2.28. The quantitative estimate of drug-likeness (QED) is 0.780. The number of nitrogens with zero attached hydrogens (tertiary/aromatic N) is 4. The second-order valence-electron chi connectivity index (χ2n) is 2.19. The van der Waals surface area contributed by atoms with E-state index in [0.29, 0.717) is 4.34 Å². The van der Waals surface area contributed by atoms with Crippen molar-refractivity contribution in [3.8, 4) is 0 Å². The molecular weight excluding hydrogens is 225 g/mol. The summed E-state index contributed by atoms with van der Waals surface area (Å²) >= 11 is 2.24. The van der Waals surface area contributed by atoms with Gasteiger partial charge in [0, 0.05) is 0 Å². The molecule has 0 aliphatic rings. The molecule has 0 amide bonds. The highest BCUT2D eigenvalue weighted by Gasteiger charge is 2.09. The average Bonchev–Trinajstić information content (AvgIpc) is 2.64. The molecule has 2 rings (SSSR count). The van der Waals surface area contributed by atoms with Gasteiger partial charge in [0.1, 0.15) is 11.4 Å². The van der Waals surface area contributed by atoms with Crippen LogP contribution in [0.25, 0.3) is 0 Å². The Kier molecular flexibility index (Phi) is 2.55. The Balaban J connectivity index is 2.28. The summed E-state index contributed by atoms with van der Waals surface area (Å²) in [5.41, 5.74) is 5.32. The van der Waals surface area contributed by atoms with E-state index < -0.39 is 5.82 Å². The van der Waals surface area contributed by atoms with E-state index in [-0.39, 0.29) is 11.0 Å². The van der Waals surface area contributed by atoms with Crippen LogP contribution in [0, 0.1) is 5.82 Å². The third-order valence-corrected chi connectivity index (χ3v) is 2.95. The van der Waals surface area contributed by atoms with Crippen molar-refractivity contribution < 1.29 is 4.39 Å². The first-order valence-electron chi connectivity index (χ1n) is 3.48. The van der Waals surface area contributed by atoms with E-state index in [1.807, 2.05) is 0 Å². The fraction of sp³-hybridized carbons (Fsp3) is 0. The summed E-state index contributed by atoms with van der Waals surface area (Å²) < 4.78 is 17.5. The van der Waals surface area contributed by atoms with Crippen LogP contribution in [0.1, 0.15) is 0 Å². The number of halogens is 1. The maximum Gasteiger partial charge on any atom is 0.221 e. The van der Waals surface area contributed by atoms with Crippen LogP contribution in [-0.2, 0) is 0 Å². The topological polar surface area (TPSA) is 77.6 Å². The molecule has 5 nitrogen and oxygen atoms in total. The first kappa shape index (κ1) is 9.28. The third kappa shape index (κ3) is 1.96. The lowest BCUT2D eigenvalue weighted by Gasteiger charge is -1.98. The number of nitrogen functional groups attached to an aromatic ring is 1. The van der Waals surface area contributed by atoms with Gasteiger partial charge in [-0.05, 0) is 23.3 Å². The molecule has 0 unspecified atom stereocenters. The largest absolute Gasteiger partial charge is 0.368 e. The molecule has 2 aromatic rings. The van der Waals surface area contributed by atoms with Crippen LogP contribution in [-0.4, -0.2) is 19.3 Å². The van der Waals surface area contributed by atoms with Crippen LogP contribution in [0.5, 0.6) is 0 Å². The van der Waals surface area contributed by atoms with Crippen LogP contribution in [0.15, 0.2) is 21.9 Å². The first-order chi connectivity index (χ1) is 6.75. The van der Waals surface area contributed by atoms with Gasteiger partial charge in [-0.3, -0.25) is 0 Å². The predicted octanol–water partition coefficient (Wildman–Crippen LogP) is 1.20. The van der Waals surface area contributed by atoms with Crippen LogP contribution in [0.2, 0.25) is 0 Å². The third-order valence-electron chi connectivity index (χ3n) is 1.26. The highest BCUT2D eigenvalue weighted by atomic mass is 32.2. The summed E-state index contributed by atoms with van der Waals surface area (Å²) in [4.78, 5) is 11.1. The predicted molar refractivity (Wildman–Crippen MR) is 50.4 cm³/mol. The van der Waals surface area contributed by atoms with Crippen molar-refractivity contribution in [3.63, 3.8) is 0 Å². The summed E-state index contributed by atoms with van der Waals surface area (Å²) in [6, 6.07) is 0. The van der Waals surface area contributed by atoms with Gasteiger partial charge >= 0.3 is 0 Å². The summed E-state index contributed by atoms with van der Waals surface area (Å²) in [6.45, 7) is 0. The van der Waals surface area contributed by atoms with Crippen molar-refractivity contribution >= 4 is 29.2 Å². The van der Waals surface area contributed by atoms with E-state index in [1.165, 1.54) is 17.9 Å². The fourth-order valence-corrected chi connectivity index (χ4v) is 2.07. The van der Waals surface area contributed by atoms with Crippen LogP contribution < -0.4 is 5.73 Å². The number of aromatic nitrogens is 4. The summed E-state index contributed by atoms with van der Waals surface area (Å²) in [7, 11) is 0. The molecule has 8 heteroatoms. The molecule has 72 valence electrons. The van der Waals surface area contributed by atoms with Gasteiger partial charge in [0.15, 0.2) is 10.2 Å². The molecule has 0 atom stereocenters. The van der Waals surface area contributed by atoms with Crippen LogP contribution in [0.4, 0.5) is 10.3 Å². The van der Waals surface area contributed by atoms with Crippen LogP contribution in [0.3, 0.4) is 0 Å². The zero-order valence-corrected chi connectivity index (χ0v) is 8.35. The van der Waals surface area contributed by atoms with Crippen molar-refractivity contribution in [2.75, 3.05) is 5.73 Å². The minimum Gasteiger partial charge on any atom is -0.368 e. The number of rotatable bonds is 2. The SMILES string of the molecule is Nc1ncc(F)c(Sc2ncns2)n1. The molecule has 2 aromatic heterocycles. The minimum absolute atomic E-state index is 0.0402. The van der Waals surface area contributed by atoms with Crippen molar-refractivity contribution in [3.05, 3.63) is 18.3 Å². The smallest absolute Gasteiger partial charge is 0.221 e. The molecule has 0 saturated carbocycles. The van der Waals surface area contributed by atoms with E-state index in [9.17, 15) is 4.39 Å². The molecule has 14 heavy (non-hydrogen) atoms. The molecule has 0 aliphatic heterocycles. The molecule has 2 N–H and O–H groups in total. The van der Waals surface area contributed by atoms with E-state index in [4.69, 9.17) is 5.73 Å². The Bertz CT molecular complexity index is 432. The van der Waals surface area contributed by atoms with Gasteiger partial charge in [0.2, 0.25) is 5.95 Å². The van der Waals surface area contributed by atoms with Gasteiger partial charge in [0.25, 0.3) is 0 Å². The van der Waals surface area contributed by atoms with E-state index >= 15 is 0 Å². The van der Waals surface area contributed by atoms with Gasteiger partial charge in [-0.2, -0.15) is 4.37 Å². The zero-order chi connectivity index (χ0) is 9.97. The second-order valence-corrected chi connectivity index (χ2v) is 4.21. The Morgan fingerprint density at radius 2 is 2.29 bits per heavy atom. The van der Waals surface area contributed by atoms with Gasteiger partial charge < -0.3 is 5.73 Å². The lowest BCUT2D eigenvalue weighted by molar-refractivity contribution is 0.580. The van der Waals surface area contributed by atoms with Gasteiger partial charge in [-0.1, -0.05) is 0 Å².